The summed E-state index contributed by atoms with van der Waals surface area (Å²) in [4.78, 5) is 16.4. The second-order valence-electron chi connectivity index (χ2n) is 6.07. The molecule has 3 rings (SSSR count). The summed E-state index contributed by atoms with van der Waals surface area (Å²) < 4.78 is 26.9. The summed E-state index contributed by atoms with van der Waals surface area (Å²) in [6.45, 7) is 5.74. The van der Waals surface area contributed by atoms with Crippen LogP contribution < -0.4 is 0 Å². The lowest BCUT2D eigenvalue weighted by Crippen LogP contribution is -2.50. The van der Waals surface area contributed by atoms with Gasteiger partial charge in [-0.1, -0.05) is 19.4 Å². The highest BCUT2D eigenvalue weighted by molar-refractivity contribution is 7.91. The van der Waals surface area contributed by atoms with Gasteiger partial charge in [-0.05, 0) is 36.4 Å². The minimum Gasteiger partial charge on any atom is -0.335 e. The van der Waals surface area contributed by atoms with Crippen molar-refractivity contribution in [1.29, 1.82) is 0 Å². The quantitative estimate of drug-likeness (QED) is 0.777. The lowest BCUT2D eigenvalue weighted by Gasteiger charge is -2.33. The summed E-state index contributed by atoms with van der Waals surface area (Å²) in [5, 5.41) is 1.76. The van der Waals surface area contributed by atoms with E-state index in [1.807, 2.05) is 6.07 Å². The monoisotopic (exact) mass is 398 g/mol. The van der Waals surface area contributed by atoms with E-state index >= 15 is 0 Å². The van der Waals surface area contributed by atoms with Gasteiger partial charge < -0.3 is 4.90 Å². The number of rotatable bonds is 5. The van der Waals surface area contributed by atoms with E-state index in [9.17, 15) is 13.2 Å². The first-order valence-corrected chi connectivity index (χ1v) is 11.5. The zero-order chi connectivity index (χ0) is 18.0. The van der Waals surface area contributed by atoms with E-state index in [4.69, 9.17) is 0 Å². The summed E-state index contributed by atoms with van der Waals surface area (Å²) in [5.74, 6) is 0.0172. The predicted molar refractivity (Wildman–Crippen MR) is 102 cm³/mol. The highest BCUT2D eigenvalue weighted by Crippen LogP contribution is 2.26. The summed E-state index contributed by atoms with van der Waals surface area (Å²) in [6, 6.07) is 5.37. The molecule has 1 fully saturated rings. The number of sulfonamides is 1. The molecular weight excluding hydrogens is 376 g/mol. The number of aryl methyl sites for hydroxylation is 2. The molecule has 0 saturated carbocycles. The number of carbonyl (C=O) groups excluding carboxylic acids is 1. The van der Waals surface area contributed by atoms with Gasteiger partial charge in [0, 0.05) is 31.1 Å². The minimum absolute atomic E-state index is 0.0172. The molecule has 5 nitrogen and oxygen atoms in total. The van der Waals surface area contributed by atoms with Crippen molar-refractivity contribution in [2.24, 2.45) is 0 Å². The number of thiophene rings is 2. The Balaban J connectivity index is 1.66. The molecule has 0 aromatic carbocycles. The average Bonchev–Trinajstić information content (AvgIpc) is 3.26. The fourth-order valence-corrected chi connectivity index (χ4v) is 6.57. The number of carbonyl (C=O) groups is 1. The van der Waals surface area contributed by atoms with Crippen LogP contribution >= 0.6 is 22.7 Å². The number of amides is 1. The lowest BCUT2D eigenvalue weighted by atomic mass is 10.1. The molecule has 2 aromatic rings. The smallest absolute Gasteiger partial charge is 0.264 e. The van der Waals surface area contributed by atoms with Crippen molar-refractivity contribution in [3.63, 3.8) is 0 Å². The Morgan fingerprint density at radius 3 is 2.56 bits per heavy atom. The van der Waals surface area contributed by atoms with Crippen LogP contribution in [-0.4, -0.2) is 49.7 Å². The molecule has 8 heteroatoms. The standard InChI is InChI=1S/C17H22N2O3S3/c1-3-5-14-12-15(24-13(14)2)17(20)18-7-9-19(10-8-18)25(21,22)16-6-4-11-23-16/h4,6,11-12H,3,5,7-10H2,1-2H3. The fourth-order valence-electron chi connectivity index (χ4n) is 2.97. The molecule has 0 aliphatic carbocycles. The molecule has 1 amide bonds. The van der Waals surface area contributed by atoms with Gasteiger partial charge in [-0.2, -0.15) is 4.31 Å². The summed E-state index contributed by atoms with van der Waals surface area (Å²) in [7, 11) is -3.43. The Hall–Kier alpha value is -1.22. The molecule has 25 heavy (non-hydrogen) atoms. The summed E-state index contributed by atoms with van der Waals surface area (Å²) >= 11 is 2.77. The SMILES string of the molecule is CCCc1cc(C(=O)N2CCN(S(=O)(=O)c3cccs3)CC2)sc1C. The Labute approximate surface area is 156 Å². The highest BCUT2D eigenvalue weighted by Gasteiger charge is 2.31. The van der Waals surface area contributed by atoms with E-state index in [0.717, 1.165) is 17.7 Å². The molecule has 0 unspecified atom stereocenters. The van der Waals surface area contributed by atoms with Crippen LogP contribution in [-0.2, 0) is 16.4 Å². The van der Waals surface area contributed by atoms with Crippen LogP contribution in [0.4, 0.5) is 0 Å². The molecule has 0 radical (unpaired) electrons. The third kappa shape index (κ3) is 3.81. The van der Waals surface area contributed by atoms with Crippen LogP contribution in [0.15, 0.2) is 27.8 Å². The molecule has 0 N–H and O–H groups in total. The largest absolute Gasteiger partial charge is 0.335 e. The van der Waals surface area contributed by atoms with Crippen LogP contribution in [0.5, 0.6) is 0 Å². The van der Waals surface area contributed by atoms with Crippen molar-refractivity contribution in [3.8, 4) is 0 Å². The first-order valence-electron chi connectivity index (χ1n) is 8.35. The molecule has 136 valence electrons. The summed E-state index contributed by atoms with van der Waals surface area (Å²) in [6.07, 6.45) is 2.05. The van der Waals surface area contributed by atoms with Gasteiger partial charge in [0.05, 0.1) is 4.88 Å². The normalized spacial score (nSPS) is 16.3. The maximum absolute atomic E-state index is 12.7. The van der Waals surface area contributed by atoms with Gasteiger partial charge in [0.15, 0.2) is 0 Å². The molecule has 3 heterocycles. The molecule has 0 bridgehead atoms. The van der Waals surface area contributed by atoms with Gasteiger partial charge in [-0.15, -0.1) is 22.7 Å². The lowest BCUT2D eigenvalue weighted by molar-refractivity contribution is 0.0703. The zero-order valence-corrected chi connectivity index (χ0v) is 16.8. The summed E-state index contributed by atoms with van der Waals surface area (Å²) in [5.41, 5.74) is 1.25. The van der Waals surface area contributed by atoms with Crippen molar-refractivity contribution in [2.45, 2.75) is 30.9 Å². The van der Waals surface area contributed by atoms with E-state index in [-0.39, 0.29) is 5.91 Å². The van der Waals surface area contributed by atoms with Gasteiger partial charge in [0.25, 0.3) is 15.9 Å². The maximum Gasteiger partial charge on any atom is 0.264 e. The number of hydrogen-bond acceptors (Lipinski definition) is 5. The molecule has 2 aromatic heterocycles. The van der Waals surface area contributed by atoms with Gasteiger partial charge in [-0.25, -0.2) is 8.42 Å². The zero-order valence-electron chi connectivity index (χ0n) is 14.4. The Kier molecular flexibility index (Phi) is 5.62. The van der Waals surface area contributed by atoms with Gasteiger partial charge in [0.2, 0.25) is 0 Å². The molecule has 1 aliphatic rings. The van der Waals surface area contributed by atoms with Gasteiger partial charge in [0.1, 0.15) is 4.21 Å². The Morgan fingerprint density at radius 2 is 1.96 bits per heavy atom. The third-order valence-corrected chi connectivity index (χ3v) is 8.72. The first kappa shape index (κ1) is 18.6. The topological polar surface area (TPSA) is 57.7 Å². The second kappa shape index (κ2) is 7.57. The number of hydrogen-bond donors (Lipinski definition) is 0. The maximum atomic E-state index is 12.7. The highest BCUT2D eigenvalue weighted by atomic mass is 32.2. The third-order valence-electron chi connectivity index (χ3n) is 4.37. The minimum atomic E-state index is -3.43. The first-order chi connectivity index (χ1) is 11.9. The molecule has 1 aliphatic heterocycles. The molecule has 1 saturated heterocycles. The van der Waals surface area contributed by atoms with Crippen LogP contribution in [0, 0.1) is 6.92 Å². The molecule has 0 atom stereocenters. The van der Waals surface area contributed by atoms with E-state index in [0.29, 0.717) is 30.4 Å². The van der Waals surface area contributed by atoms with E-state index in [1.165, 1.54) is 37.4 Å². The fraction of sp³-hybridized carbons (Fsp3) is 0.471. The Bertz CT molecular complexity index is 833. The van der Waals surface area contributed by atoms with E-state index in [2.05, 4.69) is 13.8 Å². The average molecular weight is 399 g/mol. The van der Waals surface area contributed by atoms with E-state index < -0.39 is 10.0 Å². The van der Waals surface area contributed by atoms with Gasteiger partial charge >= 0.3 is 0 Å². The molecule has 0 spiro atoms. The van der Waals surface area contributed by atoms with Crippen LogP contribution in [0.2, 0.25) is 0 Å². The van der Waals surface area contributed by atoms with Gasteiger partial charge in [-0.3, -0.25) is 4.79 Å². The van der Waals surface area contributed by atoms with Crippen molar-refractivity contribution in [3.05, 3.63) is 38.9 Å². The Morgan fingerprint density at radius 1 is 1.24 bits per heavy atom. The van der Waals surface area contributed by atoms with Crippen LogP contribution in [0.25, 0.3) is 0 Å². The van der Waals surface area contributed by atoms with Crippen molar-refractivity contribution in [1.82, 2.24) is 9.21 Å². The van der Waals surface area contributed by atoms with Crippen LogP contribution in [0.1, 0.15) is 33.5 Å². The number of piperazine rings is 1. The molecular formula is C17H22N2O3S3. The second-order valence-corrected chi connectivity index (χ2v) is 10.4. The number of nitrogens with zero attached hydrogens (tertiary/aromatic N) is 2. The predicted octanol–water partition coefficient (Wildman–Crippen LogP) is 3.22. The van der Waals surface area contributed by atoms with Crippen molar-refractivity contribution in [2.75, 3.05) is 26.2 Å². The van der Waals surface area contributed by atoms with Crippen molar-refractivity contribution >= 4 is 38.6 Å². The van der Waals surface area contributed by atoms with Crippen molar-refractivity contribution < 1.29 is 13.2 Å². The van der Waals surface area contributed by atoms with E-state index in [1.54, 1.807) is 22.4 Å². The van der Waals surface area contributed by atoms with Crippen LogP contribution in [0.3, 0.4) is 0 Å².